The maximum absolute atomic E-state index is 11.7. The van der Waals surface area contributed by atoms with Crippen LogP contribution in [0.5, 0.6) is 0 Å². The van der Waals surface area contributed by atoms with Crippen molar-refractivity contribution in [2.75, 3.05) is 20.1 Å². The third-order valence-corrected chi connectivity index (χ3v) is 3.50. The van der Waals surface area contributed by atoms with Crippen LogP contribution in [0.3, 0.4) is 0 Å². The van der Waals surface area contributed by atoms with E-state index in [9.17, 15) is 4.79 Å². The summed E-state index contributed by atoms with van der Waals surface area (Å²) >= 11 is 0. The van der Waals surface area contributed by atoms with Crippen LogP contribution in [0, 0.1) is 11.8 Å². The molecule has 1 saturated carbocycles. The minimum Gasteiger partial charge on any atom is -0.338 e. The van der Waals surface area contributed by atoms with Gasteiger partial charge in [0.15, 0.2) is 0 Å². The Hall–Kier alpha value is -0.990. The van der Waals surface area contributed by atoms with E-state index in [0.717, 1.165) is 25.4 Å². The molecule has 0 aromatic carbocycles. The van der Waals surface area contributed by atoms with Gasteiger partial charge in [-0.15, -0.1) is 0 Å². The van der Waals surface area contributed by atoms with E-state index in [-0.39, 0.29) is 6.03 Å². The van der Waals surface area contributed by atoms with Crippen LogP contribution >= 0.6 is 0 Å². The van der Waals surface area contributed by atoms with Crippen LogP contribution < -0.4 is 5.32 Å². The molecule has 0 aromatic heterocycles. The molecule has 16 heavy (non-hydrogen) atoms. The van der Waals surface area contributed by atoms with Crippen molar-refractivity contribution < 1.29 is 4.79 Å². The summed E-state index contributed by atoms with van der Waals surface area (Å²) < 4.78 is 0. The molecule has 1 fully saturated rings. The van der Waals surface area contributed by atoms with Crippen molar-refractivity contribution in [2.24, 2.45) is 11.8 Å². The molecule has 0 heterocycles. The molecule has 1 atom stereocenters. The second kappa shape index (κ2) is 5.37. The summed E-state index contributed by atoms with van der Waals surface area (Å²) in [6.45, 7) is 1.76. The van der Waals surface area contributed by atoms with Crippen LogP contribution in [-0.4, -0.2) is 31.1 Å². The summed E-state index contributed by atoms with van der Waals surface area (Å²) in [4.78, 5) is 13.6. The van der Waals surface area contributed by atoms with Gasteiger partial charge in [-0.2, -0.15) is 0 Å². The van der Waals surface area contributed by atoms with Crippen LogP contribution in [-0.2, 0) is 0 Å². The lowest BCUT2D eigenvalue weighted by molar-refractivity contribution is 0.204. The van der Waals surface area contributed by atoms with E-state index in [0.29, 0.717) is 5.92 Å². The second-order valence-electron chi connectivity index (χ2n) is 5.16. The van der Waals surface area contributed by atoms with Crippen molar-refractivity contribution >= 4 is 6.03 Å². The molecule has 2 amide bonds. The third-order valence-electron chi connectivity index (χ3n) is 3.50. The van der Waals surface area contributed by atoms with Crippen molar-refractivity contribution in [3.8, 4) is 0 Å². The topological polar surface area (TPSA) is 32.3 Å². The lowest BCUT2D eigenvalue weighted by Crippen LogP contribution is -2.40. The van der Waals surface area contributed by atoms with Crippen molar-refractivity contribution in [1.29, 1.82) is 0 Å². The molecule has 2 aliphatic carbocycles. The van der Waals surface area contributed by atoms with Gasteiger partial charge in [-0.25, -0.2) is 4.79 Å². The van der Waals surface area contributed by atoms with E-state index >= 15 is 0 Å². The van der Waals surface area contributed by atoms with Crippen LogP contribution in [0.4, 0.5) is 4.79 Å². The normalized spacial score (nSPS) is 24.2. The van der Waals surface area contributed by atoms with Gasteiger partial charge >= 0.3 is 6.03 Å². The molecule has 0 aromatic rings. The Kier molecular flexibility index (Phi) is 3.86. The first-order valence-electron chi connectivity index (χ1n) is 6.39. The number of amides is 2. The maximum atomic E-state index is 11.7. The van der Waals surface area contributed by atoms with Gasteiger partial charge in [0, 0.05) is 20.1 Å². The molecular formula is C13H22N2O. The molecule has 1 unspecified atom stereocenters. The first-order valence-corrected chi connectivity index (χ1v) is 6.39. The van der Waals surface area contributed by atoms with Gasteiger partial charge in [0.2, 0.25) is 0 Å². The lowest BCUT2D eigenvalue weighted by Gasteiger charge is -2.22. The van der Waals surface area contributed by atoms with E-state index in [2.05, 4.69) is 17.5 Å². The second-order valence-corrected chi connectivity index (χ2v) is 5.16. The maximum Gasteiger partial charge on any atom is 0.317 e. The number of allylic oxidation sites excluding steroid dienone is 2. The summed E-state index contributed by atoms with van der Waals surface area (Å²) in [6.07, 6.45) is 10.6. The molecule has 2 rings (SSSR count). The standard InChI is InChI=1S/C13H22N2O/c1-15(10-12-7-8-12)13(16)14-9-11-5-3-2-4-6-11/h2-3,11-12H,4-10H2,1H3,(H,14,16). The van der Waals surface area contributed by atoms with Crippen molar-refractivity contribution in [3.05, 3.63) is 12.2 Å². The summed E-state index contributed by atoms with van der Waals surface area (Å²) in [5.41, 5.74) is 0. The average molecular weight is 222 g/mol. The summed E-state index contributed by atoms with van der Waals surface area (Å²) in [7, 11) is 1.90. The lowest BCUT2D eigenvalue weighted by atomic mass is 9.94. The molecule has 0 bridgehead atoms. The highest BCUT2D eigenvalue weighted by Crippen LogP contribution is 2.29. The van der Waals surface area contributed by atoms with Crippen molar-refractivity contribution in [2.45, 2.75) is 32.1 Å². The predicted molar refractivity (Wildman–Crippen MR) is 65.2 cm³/mol. The van der Waals surface area contributed by atoms with E-state index in [1.165, 1.54) is 25.7 Å². The summed E-state index contributed by atoms with van der Waals surface area (Å²) in [6, 6.07) is 0.0986. The number of rotatable bonds is 4. The Morgan fingerprint density at radius 3 is 2.75 bits per heavy atom. The molecule has 0 aliphatic heterocycles. The summed E-state index contributed by atoms with van der Waals surface area (Å²) in [5.74, 6) is 1.41. The number of urea groups is 1. The zero-order valence-electron chi connectivity index (χ0n) is 10.1. The third kappa shape index (κ3) is 3.54. The number of hydrogen-bond acceptors (Lipinski definition) is 1. The van der Waals surface area contributed by atoms with E-state index < -0.39 is 0 Å². The Bertz CT molecular complexity index is 271. The number of nitrogens with one attached hydrogen (secondary N) is 1. The Morgan fingerprint density at radius 2 is 2.12 bits per heavy atom. The predicted octanol–water partition coefficient (Wildman–Crippen LogP) is 2.39. The van der Waals surface area contributed by atoms with Crippen LogP contribution in [0.25, 0.3) is 0 Å². The fraction of sp³-hybridized carbons (Fsp3) is 0.769. The molecule has 0 saturated heterocycles. The smallest absolute Gasteiger partial charge is 0.317 e. The zero-order valence-corrected chi connectivity index (χ0v) is 10.1. The van der Waals surface area contributed by atoms with Gasteiger partial charge in [-0.1, -0.05) is 12.2 Å². The van der Waals surface area contributed by atoms with E-state index in [1.807, 2.05) is 11.9 Å². The number of hydrogen-bond donors (Lipinski definition) is 1. The van der Waals surface area contributed by atoms with Crippen LogP contribution in [0.2, 0.25) is 0 Å². The van der Waals surface area contributed by atoms with Gasteiger partial charge in [-0.05, 0) is 43.9 Å². The zero-order chi connectivity index (χ0) is 11.4. The number of nitrogens with zero attached hydrogens (tertiary/aromatic N) is 1. The van der Waals surface area contributed by atoms with E-state index in [4.69, 9.17) is 0 Å². The van der Waals surface area contributed by atoms with E-state index in [1.54, 1.807) is 0 Å². The largest absolute Gasteiger partial charge is 0.338 e. The van der Waals surface area contributed by atoms with Crippen LogP contribution in [0.15, 0.2) is 12.2 Å². The Balaban J connectivity index is 1.63. The van der Waals surface area contributed by atoms with Crippen molar-refractivity contribution in [3.63, 3.8) is 0 Å². The number of carbonyl (C=O) groups excluding carboxylic acids is 1. The first kappa shape index (κ1) is 11.5. The molecule has 90 valence electrons. The molecule has 0 radical (unpaired) electrons. The first-order chi connectivity index (χ1) is 7.75. The molecule has 0 spiro atoms. The van der Waals surface area contributed by atoms with Crippen molar-refractivity contribution in [1.82, 2.24) is 10.2 Å². The van der Waals surface area contributed by atoms with Gasteiger partial charge in [-0.3, -0.25) is 0 Å². The molecule has 3 heteroatoms. The minimum absolute atomic E-state index is 0.0986. The highest BCUT2D eigenvalue weighted by molar-refractivity contribution is 5.73. The van der Waals surface area contributed by atoms with Gasteiger partial charge in [0.1, 0.15) is 0 Å². The monoisotopic (exact) mass is 222 g/mol. The summed E-state index contributed by atoms with van der Waals surface area (Å²) in [5, 5.41) is 3.04. The Morgan fingerprint density at radius 1 is 1.31 bits per heavy atom. The van der Waals surface area contributed by atoms with Crippen LogP contribution in [0.1, 0.15) is 32.1 Å². The average Bonchev–Trinajstić information content (AvgIpc) is 3.11. The van der Waals surface area contributed by atoms with Gasteiger partial charge in [0.25, 0.3) is 0 Å². The van der Waals surface area contributed by atoms with Gasteiger partial charge < -0.3 is 10.2 Å². The fourth-order valence-electron chi connectivity index (χ4n) is 2.18. The molecule has 3 nitrogen and oxygen atoms in total. The fourth-order valence-corrected chi connectivity index (χ4v) is 2.18. The molecule has 2 aliphatic rings. The number of carbonyl (C=O) groups is 1. The molecular weight excluding hydrogens is 200 g/mol. The minimum atomic E-state index is 0.0986. The Labute approximate surface area is 97.9 Å². The highest BCUT2D eigenvalue weighted by Gasteiger charge is 2.24. The molecule has 1 N–H and O–H groups in total. The quantitative estimate of drug-likeness (QED) is 0.728. The SMILES string of the molecule is CN(CC1CC1)C(=O)NCC1CC=CCC1. The van der Waals surface area contributed by atoms with Gasteiger partial charge in [0.05, 0.1) is 0 Å². The highest BCUT2D eigenvalue weighted by atomic mass is 16.2.